The van der Waals surface area contributed by atoms with Crippen molar-refractivity contribution in [1.29, 1.82) is 0 Å². The molecule has 0 aliphatic heterocycles. The predicted octanol–water partition coefficient (Wildman–Crippen LogP) is 1.94. The lowest BCUT2D eigenvalue weighted by atomic mass is 9.77. The number of hydrogen-bond donors (Lipinski definition) is 2. The Morgan fingerprint density at radius 3 is 2.75 bits per heavy atom. The van der Waals surface area contributed by atoms with Crippen LogP contribution >= 0.6 is 22.6 Å². The fourth-order valence-electron chi connectivity index (χ4n) is 1.87. The molecular weight excluding hydrogens is 317 g/mol. The standard InChI is InChI=1S/C12H14INO2/c13-10-4-1-3-9(7-10)11(16)14-12(8-15)5-2-6-12/h1,3-4,7,15H,2,5-6,8H2,(H,14,16). The highest BCUT2D eigenvalue weighted by atomic mass is 127. The second-order valence-corrected chi connectivity index (χ2v) is 5.50. The Morgan fingerprint density at radius 2 is 2.25 bits per heavy atom. The summed E-state index contributed by atoms with van der Waals surface area (Å²) in [5, 5.41) is 12.2. The van der Waals surface area contributed by atoms with E-state index >= 15 is 0 Å². The van der Waals surface area contributed by atoms with Gasteiger partial charge < -0.3 is 10.4 Å². The van der Waals surface area contributed by atoms with Crippen LogP contribution in [0.3, 0.4) is 0 Å². The molecule has 0 spiro atoms. The van der Waals surface area contributed by atoms with Crippen molar-refractivity contribution in [1.82, 2.24) is 5.32 Å². The second-order valence-electron chi connectivity index (χ2n) is 4.26. The molecule has 0 bridgehead atoms. The van der Waals surface area contributed by atoms with E-state index in [-0.39, 0.29) is 18.1 Å². The number of carbonyl (C=O) groups is 1. The molecule has 1 saturated carbocycles. The number of amides is 1. The van der Waals surface area contributed by atoms with E-state index in [2.05, 4.69) is 27.9 Å². The summed E-state index contributed by atoms with van der Waals surface area (Å²) in [6, 6.07) is 7.45. The van der Waals surface area contributed by atoms with E-state index in [0.29, 0.717) is 5.56 Å². The maximum absolute atomic E-state index is 11.9. The van der Waals surface area contributed by atoms with Crippen LogP contribution < -0.4 is 5.32 Å². The van der Waals surface area contributed by atoms with E-state index < -0.39 is 0 Å². The number of aliphatic hydroxyl groups excluding tert-OH is 1. The molecule has 0 heterocycles. The van der Waals surface area contributed by atoms with Crippen molar-refractivity contribution in [2.75, 3.05) is 6.61 Å². The Morgan fingerprint density at radius 1 is 1.50 bits per heavy atom. The van der Waals surface area contributed by atoms with Crippen LogP contribution in [0.5, 0.6) is 0 Å². The quantitative estimate of drug-likeness (QED) is 0.832. The highest BCUT2D eigenvalue weighted by Gasteiger charge is 2.37. The van der Waals surface area contributed by atoms with Crippen LogP contribution in [0.25, 0.3) is 0 Å². The summed E-state index contributed by atoms with van der Waals surface area (Å²) >= 11 is 2.18. The summed E-state index contributed by atoms with van der Waals surface area (Å²) in [6.07, 6.45) is 2.82. The normalized spacial score (nSPS) is 17.6. The molecule has 1 aliphatic rings. The number of rotatable bonds is 3. The van der Waals surface area contributed by atoms with Crippen LogP contribution in [-0.2, 0) is 0 Å². The van der Waals surface area contributed by atoms with Crippen LogP contribution in [0.15, 0.2) is 24.3 Å². The molecule has 0 atom stereocenters. The molecule has 0 unspecified atom stereocenters. The zero-order valence-electron chi connectivity index (χ0n) is 8.87. The van der Waals surface area contributed by atoms with Crippen LogP contribution in [0.2, 0.25) is 0 Å². The van der Waals surface area contributed by atoms with E-state index in [1.54, 1.807) is 6.07 Å². The zero-order chi connectivity index (χ0) is 11.6. The van der Waals surface area contributed by atoms with Gasteiger partial charge in [-0.2, -0.15) is 0 Å². The van der Waals surface area contributed by atoms with Crippen LogP contribution in [0.1, 0.15) is 29.6 Å². The second kappa shape index (κ2) is 4.71. The van der Waals surface area contributed by atoms with Gasteiger partial charge in [-0.05, 0) is 60.1 Å². The number of aliphatic hydroxyl groups is 1. The average Bonchev–Trinajstić information content (AvgIpc) is 2.23. The monoisotopic (exact) mass is 331 g/mol. The lowest BCUT2D eigenvalue weighted by Crippen LogP contribution is -2.56. The maximum atomic E-state index is 11.9. The first-order valence-corrected chi connectivity index (χ1v) is 6.42. The average molecular weight is 331 g/mol. The third-order valence-corrected chi connectivity index (χ3v) is 3.75. The van der Waals surface area contributed by atoms with Gasteiger partial charge in [-0.1, -0.05) is 6.07 Å². The van der Waals surface area contributed by atoms with Crippen LogP contribution in [0.4, 0.5) is 0 Å². The van der Waals surface area contributed by atoms with Gasteiger partial charge >= 0.3 is 0 Å². The van der Waals surface area contributed by atoms with Crippen molar-refractivity contribution in [2.45, 2.75) is 24.8 Å². The van der Waals surface area contributed by atoms with Gasteiger partial charge in [0.25, 0.3) is 5.91 Å². The number of carbonyl (C=O) groups excluding carboxylic acids is 1. The SMILES string of the molecule is O=C(NC1(CO)CCC1)c1cccc(I)c1. The minimum absolute atomic E-state index is 0.0304. The molecule has 1 fully saturated rings. The fraction of sp³-hybridized carbons (Fsp3) is 0.417. The Balaban J connectivity index is 2.08. The summed E-state index contributed by atoms with van der Waals surface area (Å²) in [5.41, 5.74) is 0.296. The first-order valence-electron chi connectivity index (χ1n) is 5.34. The summed E-state index contributed by atoms with van der Waals surface area (Å²) < 4.78 is 1.04. The van der Waals surface area contributed by atoms with Gasteiger partial charge in [0.05, 0.1) is 12.1 Å². The number of nitrogens with one attached hydrogen (secondary N) is 1. The van der Waals surface area contributed by atoms with Crippen LogP contribution in [0, 0.1) is 3.57 Å². The van der Waals surface area contributed by atoms with Gasteiger partial charge in [0.1, 0.15) is 0 Å². The Bertz CT molecular complexity index is 396. The predicted molar refractivity (Wildman–Crippen MR) is 70.3 cm³/mol. The maximum Gasteiger partial charge on any atom is 0.251 e. The Labute approximate surface area is 108 Å². The molecule has 3 nitrogen and oxygen atoms in total. The molecule has 0 radical (unpaired) electrons. The highest BCUT2D eigenvalue weighted by molar-refractivity contribution is 14.1. The Hall–Kier alpha value is -0.620. The lowest BCUT2D eigenvalue weighted by molar-refractivity contribution is 0.0641. The van der Waals surface area contributed by atoms with E-state index in [4.69, 9.17) is 0 Å². The van der Waals surface area contributed by atoms with Gasteiger partial charge in [0.2, 0.25) is 0 Å². The minimum atomic E-state index is -0.363. The van der Waals surface area contributed by atoms with E-state index in [0.717, 1.165) is 22.8 Å². The molecule has 2 rings (SSSR count). The molecule has 86 valence electrons. The van der Waals surface area contributed by atoms with Crippen LogP contribution in [-0.4, -0.2) is 23.2 Å². The molecule has 0 aromatic heterocycles. The van der Waals surface area contributed by atoms with Gasteiger partial charge in [0.15, 0.2) is 0 Å². The summed E-state index contributed by atoms with van der Waals surface area (Å²) in [4.78, 5) is 11.9. The van der Waals surface area contributed by atoms with Gasteiger partial charge in [-0.25, -0.2) is 0 Å². The van der Waals surface area contributed by atoms with Gasteiger partial charge in [-0.15, -0.1) is 0 Å². The summed E-state index contributed by atoms with van der Waals surface area (Å²) in [7, 11) is 0. The molecule has 1 aromatic rings. The zero-order valence-corrected chi connectivity index (χ0v) is 11.0. The minimum Gasteiger partial charge on any atom is -0.394 e. The summed E-state index contributed by atoms with van der Waals surface area (Å²) in [5.74, 6) is -0.0905. The molecule has 2 N–H and O–H groups in total. The summed E-state index contributed by atoms with van der Waals surface area (Å²) in [6.45, 7) is 0.0304. The van der Waals surface area contributed by atoms with Crippen molar-refractivity contribution in [3.8, 4) is 0 Å². The lowest BCUT2D eigenvalue weighted by Gasteiger charge is -2.40. The molecule has 1 aromatic carbocycles. The molecular formula is C12H14INO2. The van der Waals surface area contributed by atoms with Crippen molar-refractivity contribution in [3.05, 3.63) is 33.4 Å². The largest absolute Gasteiger partial charge is 0.394 e. The van der Waals surface area contributed by atoms with E-state index in [1.807, 2.05) is 18.2 Å². The van der Waals surface area contributed by atoms with Crippen molar-refractivity contribution in [2.24, 2.45) is 0 Å². The molecule has 1 amide bonds. The molecule has 0 saturated heterocycles. The number of benzene rings is 1. The Kier molecular flexibility index (Phi) is 3.49. The highest BCUT2D eigenvalue weighted by Crippen LogP contribution is 2.31. The van der Waals surface area contributed by atoms with E-state index in [1.165, 1.54) is 0 Å². The smallest absolute Gasteiger partial charge is 0.251 e. The van der Waals surface area contributed by atoms with Crippen molar-refractivity contribution >= 4 is 28.5 Å². The topological polar surface area (TPSA) is 49.3 Å². The number of hydrogen-bond acceptors (Lipinski definition) is 2. The first kappa shape index (κ1) is 11.9. The van der Waals surface area contributed by atoms with E-state index in [9.17, 15) is 9.90 Å². The first-order chi connectivity index (χ1) is 7.65. The van der Waals surface area contributed by atoms with Crippen molar-refractivity contribution in [3.63, 3.8) is 0 Å². The fourth-order valence-corrected chi connectivity index (χ4v) is 2.41. The molecule has 4 heteroatoms. The third kappa shape index (κ3) is 2.38. The van der Waals surface area contributed by atoms with Crippen molar-refractivity contribution < 1.29 is 9.90 Å². The van der Waals surface area contributed by atoms with Gasteiger partial charge in [-0.3, -0.25) is 4.79 Å². The number of halogens is 1. The third-order valence-electron chi connectivity index (χ3n) is 3.08. The molecule has 1 aliphatic carbocycles. The van der Waals surface area contributed by atoms with Gasteiger partial charge in [0, 0.05) is 9.13 Å². The molecule has 16 heavy (non-hydrogen) atoms.